The molecule has 0 fully saturated rings. The SMILES string of the molecule is CCOC(=O)NCCC(=O)Nc1ccc(-c2cn3ccsc3n2)cc1. The molecule has 0 radical (unpaired) electrons. The van der Waals surface area contributed by atoms with Crippen LogP contribution in [-0.4, -0.2) is 34.5 Å². The average molecular weight is 358 g/mol. The first-order valence-corrected chi connectivity index (χ1v) is 8.77. The number of ether oxygens (including phenoxy) is 1. The van der Waals surface area contributed by atoms with Crippen molar-refractivity contribution in [2.75, 3.05) is 18.5 Å². The Kier molecular flexibility index (Phi) is 5.30. The highest BCUT2D eigenvalue weighted by molar-refractivity contribution is 7.15. The van der Waals surface area contributed by atoms with Gasteiger partial charge in [0, 0.05) is 42.0 Å². The molecular formula is C17H18N4O3S. The Balaban J connectivity index is 1.52. The number of nitrogens with zero attached hydrogens (tertiary/aromatic N) is 2. The van der Waals surface area contributed by atoms with E-state index in [2.05, 4.69) is 15.6 Å². The molecule has 2 amide bonds. The first-order valence-electron chi connectivity index (χ1n) is 7.89. The molecule has 0 aliphatic carbocycles. The van der Waals surface area contributed by atoms with E-state index >= 15 is 0 Å². The lowest BCUT2D eigenvalue weighted by atomic mass is 10.1. The van der Waals surface area contributed by atoms with Crippen LogP contribution in [0.5, 0.6) is 0 Å². The molecule has 0 aliphatic rings. The summed E-state index contributed by atoms with van der Waals surface area (Å²) in [5.74, 6) is -0.174. The van der Waals surface area contributed by atoms with E-state index in [0.717, 1.165) is 16.2 Å². The minimum absolute atomic E-state index is 0.174. The molecule has 2 N–H and O–H groups in total. The Bertz CT molecular complexity index is 841. The highest BCUT2D eigenvalue weighted by Gasteiger charge is 2.07. The number of hydrogen-bond donors (Lipinski definition) is 2. The van der Waals surface area contributed by atoms with Crippen molar-refractivity contribution in [3.8, 4) is 11.3 Å². The molecule has 130 valence electrons. The number of fused-ring (bicyclic) bond motifs is 1. The lowest BCUT2D eigenvalue weighted by Gasteiger charge is -2.07. The largest absolute Gasteiger partial charge is 0.450 e. The van der Waals surface area contributed by atoms with Gasteiger partial charge in [0.15, 0.2) is 4.96 Å². The quantitative estimate of drug-likeness (QED) is 0.709. The smallest absolute Gasteiger partial charge is 0.407 e. The van der Waals surface area contributed by atoms with Crippen molar-refractivity contribution in [3.05, 3.63) is 42.0 Å². The fraction of sp³-hybridized carbons (Fsp3) is 0.235. The molecular weight excluding hydrogens is 340 g/mol. The third-order valence-corrected chi connectivity index (χ3v) is 4.23. The minimum Gasteiger partial charge on any atom is -0.450 e. The Morgan fingerprint density at radius 2 is 2.08 bits per heavy atom. The first-order chi connectivity index (χ1) is 12.2. The summed E-state index contributed by atoms with van der Waals surface area (Å²) in [6, 6.07) is 7.50. The van der Waals surface area contributed by atoms with Gasteiger partial charge in [0.25, 0.3) is 0 Å². The Hall–Kier alpha value is -2.87. The predicted molar refractivity (Wildman–Crippen MR) is 96.8 cm³/mol. The molecule has 2 aromatic heterocycles. The number of hydrogen-bond acceptors (Lipinski definition) is 5. The number of carbonyl (C=O) groups is 2. The second-order valence-corrected chi connectivity index (χ2v) is 6.11. The number of amides is 2. The molecule has 0 bridgehead atoms. The standard InChI is InChI=1S/C17H18N4O3S/c1-2-24-17(23)18-8-7-15(22)19-13-5-3-12(4-6-13)14-11-21-9-10-25-16(21)20-14/h3-6,9-11H,2,7-8H2,1H3,(H,18,23)(H,19,22). The number of imidazole rings is 1. The molecule has 3 aromatic rings. The Labute approximate surface area is 148 Å². The van der Waals surface area contributed by atoms with Crippen LogP contribution in [0.1, 0.15) is 13.3 Å². The number of anilines is 1. The summed E-state index contributed by atoms with van der Waals surface area (Å²) in [5.41, 5.74) is 2.58. The second-order valence-electron chi connectivity index (χ2n) is 5.24. The monoisotopic (exact) mass is 358 g/mol. The Morgan fingerprint density at radius 1 is 1.28 bits per heavy atom. The molecule has 3 rings (SSSR count). The van der Waals surface area contributed by atoms with Crippen LogP contribution in [0.15, 0.2) is 42.0 Å². The second kappa shape index (κ2) is 7.80. The minimum atomic E-state index is -0.514. The van der Waals surface area contributed by atoms with E-state index in [1.165, 1.54) is 0 Å². The van der Waals surface area contributed by atoms with Crippen LogP contribution < -0.4 is 10.6 Å². The van der Waals surface area contributed by atoms with Crippen molar-refractivity contribution in [1.82, 2.24) is 14.7 Å². The lowest BCUT2D eigenvalue weighted by Crippen LogP contribution is -2.28. The van der Waals surface area contributed by atoms with Crippen LogP contribution in [0, 0.1) is 0 Å². The van der Waals surface area contributed by atoms with Crippen molar-refractivity contribution in [2.24, 2.45) is 0 Å². The van der Waals surface area contributed by atoms with E-state index in [4.69, 9.17) is 4.74 Å². The van der Waals surface area contributed by atoms with Gasteiger partial charge in [-0.2, -0.15) is 0 Å². The van der Waals surface area contributed by atoms with E-state index < -0.39 is 6.09 Å². The molecule has 0 atom stereocenters. The van der Waals surface area contributed by atoms with Gasteiger partial charge in [0.1, 0.15) is 0 Å². The summed E-state index contributed by atoms with van der Waals surface area (Å²) < 4.78 is 6.70. The fourth-order valence-corrected chi connectivity index (χ4v) is 2.97. The predicted octanol–water partition coefficient (Wildman–Crippen LogP) is 3.14. The van der Waals surface area contributed by atoms with Crippen LogP contribution >= 0.6 is 11.3 Å². The van der Waals surface area contributed by atoms with Gasteiger partial charge < -0.3 is 15.4 Å². The van der Waals surface area contributed by atoms with Crippen LogP contribution in [0.3, 0.4) is 0 Å². The van der Waals surface area contributed by atoms with Gasteiger partial charge in [0.2, 0.25) is 5.91 Å². The molecule has 0 saturated carbocycles. The van der Waals surface area contributed by atoms with Crippen LogP contribution in [0.4, 0.5) is 10.5 Å². The molecule has 25 heavy (non-hydrogen) atoms. The summed E-state index contributed by atoms with van der Waals surface area (Å²) in [4.78, 5) is 28.5. The van der Waals surface area contributed by atoms with Gasteiger partial charge in [-0.1, -0.05) is 12.1 Å². The summed E-state index contributed by atoms with van der Waals surface area (Å²) in [5, 5.41) is 7.29. The number of benzene rings is 1. The molecule has 0 spiro atoms. The highest BCUT2D eigenvalue weighted by Crippen LogP contribution is 2.23. The molecule has 0 aliphatic heterocycles. The van der Waals surface area contributed by atoms with Crippen molar-refractivity contribution < 1.29 is 14.3 Å². The Morgan fingerprint density at radius 3 is 2.80 bits per heavy atom. The topological polar surface area (TPSA) is 84.7 Å². The van der Waals surface area contributed by atoms with Crippen LogP contribution in [0.25, 0.3) is 16.2 Å². The highest BCUT2D eigenvalue weighted by atomic mass is 32.1. The average Bonchev–Trinajstić information content (AvgIpc) is 3.17. The van der Waals surface area contributed by atoms with E-state index in [-0.39, 0.29) is 18.9 Å². The first kappa shape index (κ1) is 17.0. The van der Waals surface area contributed by atoms with E-state index in [9.17, 15) is 9.59 Å². The third-order valence-electron chi connectivity index (χ3n) is 3.45. The summed E-state index contributed by atoms with van der Waals surface area (Å²) >= 11 is 1.58. The van der Waals surface area contributed by atoms with Crippen molar-refractivity contribution >= 4 is 34.0 Å². The van der Waals surface area contributed by atoms with E-state index in [1.54, 1.807) is 18.3 Å². The molecule has 8 heteroatoms. The van der Waals surface area contributed by atoms with Gasteiger partial charge in [-0.25, -0.2) is 9.78 Å². The lowest BCUT2D eigenvalue weighted by molar-refractivity contribution is -0.116. The number of nitrogens with one attached hydrogen (secondary N) is 2. The zero-order chi connectivity index (χ0) is 17.6. The van der Waals surface area contributed by atoms with Gasteiger partial charge in [-0.15, -0.1) is 11.3 Å². The van der Waals surface area contributed by atoms with Gasteiger partial charge >= 0.3 is 6.09 Å². The van der Waals surface area contributed by atoms with Gasteiger partial charge in [0.05, 0.1) is 12.3 Å². The summed E-state index contributed by atoms with van der Waals surface area (Å²) in [7, 11) is 0. The number of aromatic nitrogens is 2. The summed E-state index contributed by atoms with van der Waals surface area (Å²) in [6.45, 7) is 2.26. The zero-order valence-electron chi connectivity index (χ0n) is 13.7. The molecule has 0 unspecified atom stereocenters. The van der Waals surface area contributed by atoms with Crippen molar-refractivity contribution in [2.45, 2.75) is 13.3 Å². The van der Waals surface area contributed by atoms with Crippen molar-refractivity contribution in [3.63, 3.8) is 0 Å². The third kappa shape index (κ3) is 4.36. The van der Waals surface area contributed by atoms with Gasteiger partial charge in [-0.3, -0.25) is 9.20 Å². The maximum Gasteiger partial charge on any atom is 0.407 e. The van der Waals surface area contributed by atoms with E-state index in [0.29, 0.717) is 12.3 Å². The summed E-state index contributed by atoms with van der Waals surface area (Å²) in [6.07, 6.45) is 3.60. The molecule has 7 nitrogen and oxygen atoms in total. The number of rotatable bonds is 6. The molecule has 1 aromatic carbocycles. The van der Waals surface area contributed by atoms with Crippen LogP contribution in [-0.2, 0) is 9.53 Å². The molecule has 0 saturated heterocycles. The number of carbonyl (C=O) groups excluding carboxylic acids is 2. The number of alkyl carbamates (subject to hydrolysis) is 1. The normalized spacial score (nSPS) is 10.6. The molecule has 2 heterocycles. The van der Waals surface area contributed by atoms with Gasteiger partial charge in [-0.05, 0) is 19.1 Å². The zero-order valence-corrected chi connectivity index (χ0v) is 14.5. The maximum absolute atomic E-state index is 11.9. The van der Waals surface area contributed by atoms with E-state index in [1.807, 2.05) is 46.4 Å². The maximum atomic E-state index is 11.9. The van der Waals surface area contributed by atoms with Crippen molar-refractivity contribution in [1.29, 1.82) is 0 Å². The number of thiazole rings is 1. The fourth-order valence-electron chi connectivity index (χ4n) is 2.27. The van der Waals surface area contributed by atoms with Crippen LogP contribution in [0.2, 0.25) is 0 Å².